The Morgan fingerprint density at radius 2 is 2.08 bits per heavy atom. The lowest BCUT2D eigenvalue weighted by molar-refractivity contribution is -0.180. The summed E-state index contributed by atoms with van der Waals surface area (Å²) in [5.41, 5.74) is 5.57. The van der Waals surface area contributed by atoms with Gasteiger partial charge >= 0.3 is 0 Å². The Kier molecular flexibility index (Phi) is 3.98. The fourth-order valence-corrected chi connectivity index (χ4v) is 3.20. The van der Waals surface area contributed by atoms with Crippen LogP contribution in [0.5, 0.6) is 5.75 Å². The van der Waals surface area contributed by atoms with Crippen molar-refractivity contribution in [3.63, 3.8) is 0 Å². The SMILES string of the molecule is Cc1nc2ccccn2c1CNCc1ccc2c(c1)COC(C)(C)O2. The number of pyridine rings is 1. The number of benzene rings is 1. The molecule has 0 saturated heterocycles. The van der Waals surface area contributed by atoms with E-state index in [0.717, 1.165) is 35.7 Å². The van der Waals surface area contributed by atoms with Crippen molar-refractivity contribution in [2.75, 3.05) is 0 Å². The summed E-state index contributed by atoms with van der Waals surface area (Å²) in [6, 6.07) is 12.4. The minimum atomic E-state index is -0.548. The third-order valence-electron chi connectivity index (χ3n) is 4.51. The molecule has 3 aromatic rings. The van der Waals surface area contributed by atoms with Gasteiger partial charge in [0.05, 0.1) is 18.0 Å². The van der Waals surface area contributed by atoms with Gasteiger partial charge in [-0.15, -0.1) is 0 Å². The first-order valence-electron chi connectivity index (χ1n) is 8.60. The summed E-state index contributed by atoms with van der Waals surface area (Å²) >= 11 is 0. The van der Waals surface area contributed by atoms with E-state index >= 15 is 0 Å². The number of fused-ring (bicyclic) bond motifs is 2. The molecule has 5 nitrogen and oxygen atoms in total. The van der Waals surface area contributed by atoms with E-state index in [4.69, 9.17) is 9.47 Å². The van der Waals surface area contributed by atoms with Crippen LogP contribution >= 0.6 is 0 Å². The normalized spacial score (nSPS) is 15.8. The average Bonchev–Trinajstić information content (AvgIpc) is 2.90. The van der Waals surface area contributed by atoms with E-state index in [9.17, 15) is 0 Å². The second-order valence-corrected chi connectivity index (χ2v) is 6.91. The van der Waals surface area contributed by atoms with E-state index in [1.165, 1.54) is 11.3 Å². The quantitative estimate of drug-likeness (QED) is 0.790. The molecule has 5 heteroatoms. The summed E-state index contributed by atoms with van der Waals surface area (Å²) in [4.78, 5) is 4.60. The molecule has 25 heavy (non-hydrogen) atoms. The highest BCUT2D eigenvalue weighted by Gasteiger charge is 2.27. The molecule has 0 atom stereocenters. The number of nitrogens with one attached hydrogen (secondary N) is 1. The van der Waals surface area contributed by atoms with Crippen molar-refractivity contribution in [2.24, 2.45) is 0 Å². The first kappa shape index (κ1) is 16.1. The van der Waals surface area contributed by atoms with E-state index in [0.29, 0.717) is 6.61 Å². The Labute approximate surface area is 147 Å². The van der Waals surface area contributed by atoms with Gasteiger partial charge in [-0.2, -0.15) is 0 Å². The summed E-state index contributed by atoms with van der Waals surface area (Å²) in [5, 5.41) is 3.52. The molecule has 0 aliphatic carbocycles. The van der Waals surface area contributed by atoms with E-state index in [2.05, 4.69) is 40.0 Å². The molecule has 0 saturated carbocycles. The molecule has 0 spiro atoms. The summed E-state index contributed by atoms with van der Waals surface area (Å²) in [6.07, 6.45) is 2.06. The molecule has 0 fully saturated rings. The van der Waals surface area contributed by atoms with Crippen LogP contribution < -0.4 is 10.1 Å². The van der Waals surface area contributed by atoms with Gasteiger partial charge in [-0.25, -0.2) is 4.98 Å². The van der Waals surface area contributed by atoms with Gasteiger partial charge in [0.1, 0.15) is 11.4 Å². The van der Waals surface area contributed by atoms with Crippen LogP contribution in [0.1, 0.15) is 36.4 Å². The van der Waals surface area contributed by atoms with Crippen LogP contribution in [-0.4, -0.2) is 15.2 Å². The molecule has 1 aliphatic rings. The fraction of sp³-hybridized carbons (Fsp3) is 0.350. The van der Waals surface area contributed by atoms with Crippen molar-refractivity contribution >= 4 is 5.65 Å². The smallest absolute Gasteiger partial charge is 0.205 e. The lowest BCUT2D eigenvalue weighted by atomic mass is 10.1. The first-order chi connectivity index (χ1) is 12.0. The molecular formula is C20H23N3O2. The topological polar surface area (TPSA) is 47.8 Å². The molecule has 0 radical (unpaired) electrons. The lowest BCUT2D eigenvalue weighted by Crippen LogP contribution is -2.35. The van der Waals surface area contributed by atoms with E-state index in [1.807, 2.05) is 38.1 Å². The maximum absolute atomic E-state index is 5.85. The highest BCUT2D eigenvalue weighted by Crippen LogP contribution is 2.31. The number of rotatable bonds is 4. The zero-order chi connectivity index (χ0) is 17.4. The second kappa shape index (κ2) is 6.17. The highest BCUT2D eigenvalue weighted by molar-refractivity contribution is 5.43. The molecule has 1 aliphatic heterocycles. The zero-order valence-electron chi connectivity index (χ0n) is 14.9. The third kappa shape index (κ3) is 3.25. The number of hydrogen-bond donors (Lipinski definition) is 1. The summed E-state index contributed by atoms with van der Waals surface area (Å²) in [6.45, 7) is 8.07. The fourth-order valence-electron chi connectivity index (χ4n) is 3.20. The zero-order valence-corrected chi connectivity index (χ0v) is 14.9. The second-order valence-electron chi connectivity index (χ2n) is 6.91. The number of hydrogen-bond acceptors (Lipinski definition) is 4. The van der Waals surface area contributed by atoms with E-state index < -0.39 is 5.79 Å². The summed E-state index contributed by atoms with van der Waals surface area (Å²) in [5.74, 6) is 0.366. The monoisotopic (exact) mass is 337 g/mol. The van der Waals surface area contributed by atoms with Crippen LogP contribution in [0.15, 0.2) is 42.6 Å². The predicted molar refractivity (Wildman–Crippen MR) is 96.4 cm³/mol. The van der Waals surface area contributed by atoms with Gasteiger partial charge < -0.3 is 19.2 Å². The molecule has 0 amide bonds. The van der Waals surface area contributed by atoms with Crippen LogP contribution in [0.25, 0.3) is 5.65 Å². The Hall–Kier alpha value is -2.37. The Balaban J connectivity index is 1.44. The van der Waals surface area contributed by atoms with Crippen molar-refractivity contribution in [1.29, 1.82) is 0 Å². The minimum absolute atomic E-state index is 0.548. The van der Waals surface area contributed by atoms with Crippen molar-refractivity contribution in [2.45, 2.75) is 46.3 Å². The number of ether oxygens (including phenoxy) is 2. The highest BCUT2D eigenvalue weighted by atomic mass is 16.7. The van der Waals surface area contributed by atoms with Crippen molar-refractivity contribution in [3.05, 3.63) is 65.1 Å². The molecule has 3 heterocycles. The molecule has 1 aromatic carbocycles. The average molecular weight is 337 g/mol. The number of imidazole rings is 1. The molecular weight excluding hydrogens is 314 g/mol. The van der Waals surface area contributed by atoms with Gasteiger partial charge in [-0.3, -0.25) is 0 Å². The van der Waals surface area contributed by atoms with Crippen molar-refractivity contribution < 1.29 is 9.47 Å². The van der Waals surface area contributed by atoms with Crippen LogP contribution in [-0.2, 0) is 24.4 Å². The van der Waals surface area contributed by atoms with Crippen LogP contribution in [0.4, 0.5) is 0 Å². The van der Waals surface area contributed by atoms with Gasteiger partial charge in [-0.1, -0.05) is 12.1 Å². The summed E-state index contributed by atoms with van der Waals surface area (Å²) < 4.78 is 13.7. The molecule has 2 aromatic heterocycles. The maximum Gasteiger partial charge on any atom is 0.205 e. The predicted octanol–water partition coefficient (Wildman–Crippen LogP) is 3.58. The van der Waals surface area contributed by atoms with Crippen LogP contribution in [0.2, 0.25) is 0 Å². The molecule has 0 bridgehead atoms. The summed E-state index contributed by atoms with van der Waals surface area (Å²) in [7, 11) is 0. The van der Waals surface area contributed by atoms with Crippen LogP contribution in [0.3, 0.4) is 0 Å². The molecule has 4 rings (SSSR count). The maximum atomic E-state index is 5.85. The van der Waals surface area contributed by atoms with Gasteiger partial charge in [-0.05, 0) is 36.8 Å². The van der Waals surface area contributed by atoms with Crippen LogP contribution in [0, 0.1) is 6.92 Å². The number of nitrogens with zero attached hydrogens (tertiary/aromatic N) is 2. The third-order valence-corrected chi connectivity index (χ3v) is 4.51. The van der Waals surface area contributed by atoms with Crippen molar-refractivity contribution in [3.8, 4) is 5.75 Å². The largest absolute Gasteiger partial charge is 0.463 e. The lowest BCUT2D eigenvalue weighted by Gasteiger charge is -2.32. The standard InChI is InChI=1S/C20H23N3O2/c1-14-17(23-9-5-4-6-19(23)22-14)12-21-11-15-7-8-18-16(10-15)13-24-20(2,3)25-18/h4-10,21H,11-13H2,1-3H3. The number of aryl methyl sites for hydroxylation is 1. The van der Waals surface area contributed by atoms with E-state index in [1.54, 1.807) is 0 Å². The molecule has 130 valence electrons. The minimum Gasteiger partial charge on any atom is -0.463 e. The molecule has 0 unspecified atom stereocenters. The van der Waals surface area contributed by atoms with Gasteiger partial charge in [0.25, 0.3) is 0 Å². The van der Waals surface area contributed by atoms with E-state index in [-0.39, 0.29) is 0 Å². The number of aromatic nitrogens is 2. The Morgan fingerprint density at radius 3 is 2.96 bits per heavy atom. The Morgan fingerprint density at radius 1 is 1.20 bits per heavy atom. The van der Waals surface area contributed by atoms with Gasteiger partial charge in [0.2, 0.25) is 5.79 Å². The Bertz CT molecular complexity index is 914. The van der Waals surface area contributed by atoms with Gasteiger partial charge in [0, 0.05) is 38.7 Å². The molecule has 1 N–H and O–H groups in total. The van der Waals surface area contributed by atoms with Crippen molar-refractivity contribution in [1.82, 2.24) is 14.7 Å². The first-order valence-corrected chi connectivity index (χ1v) is 8.60. The van der Waals surface area contributed by atoms with Gasteiger partial charge in [0.15, 0.2) is 0 Å².